The molecule has 0 aromatic heterocycles. The van der Waals surface area contributed by atoms with Crippen LogP contribution in [0, 0.1) is 10.1 Å². The number of carbonyl (C=O) groups is 1. The quantitative estimate of drug-likeness (QED) is 0.519. The number of hydrogen-bond donors (Lipinski definition) is 1. The molecule has 0 unspecified atom stereocenters. The van der Waals surface area contributed by atoms with Crippen molar-refractivity contribution in [2.45, 2.75) is 32.7 Å². The number of carboxylic acid groups (broad SMARTS) is 1. The second-order valence-corrected chi connectivity index (χ2v) is 6.25. The first-order chi connectivity index (χ1) is 12.5. The van der Waals surface area contributed by atoms with Gasteiger partial charge in [-0.25, -0.2) is 0 Å². The fourth-order valence-electron chi connectivity index (χ4n) is 3.09. The van der Waals surface area contributed by atoms with E-state index in [0.29, 0.717) is 12.0 Å². The third-order valence-corrected chi connectivity index (χ3v) is 4.26. The van der Waals surface area contributed by atoms with Crippen LogP contribution in [-0.2, 0) is 24.2 Å². The third-order valence-electron chi connectivity index (χ3n) is 4.26. The minimum Gasteiger partial charge on any atom is -0.481 e. The van der Waals surface area contributed by atoms with Gasteiger partial charge in [-0.1, -0.05) is 49.4 Å². The van der Waals surface area contributed by atoms with E-state index in [9.17, 15) is 14.9 Å². The monoisotopic (exact) mass is 356 g/mol. The highest BCUT2D eigenvalue weighted by Crippen LogP contribution is 2.24. The van der Waals surface area contributed by atoms with Crippen LogP contribution in [0.15, 0.2) is 48.5 Å². The molecule has 138 valence electrons. The van der Waals surface area contributed by atoms with Crippen molar-refractivity contribution in [2.75, 3.05) is 13.1 Å². The number of nitro groups is 1. The summed E-state index contributed by atoms with van der Waals surface area (Å²) in [5.74, 6) is -1.06. The summed E-state index contributed by atoms with van der Waals surface area (Å²) in [7, 11) is 0. The normalized spacial score (nSPS) is 10.8. The van der Waals surface area contributed by atoms with Crippen LogP contribution in [0.25, 0.3) is 0 Å². The van der Waals surface area contributed by atoms with E-state index in [0.717, 1.165) is 31.6 Å². The van der Waals surface area contributed by atoms with Gasteiger partial charge in [0.2, 0.25) is 0 Å². The number of nitrogens with zero attached hydrogens (tertiary/aromatic N) is 2. The van der Waals surface area contributed by atoms with Crippen molar-refractivity contribution in [3.05, 3.63) is 75.3 Å². The SMILES string of the molecule is CCCN(CCc1cccc([N+](=O)[O-])c1CC(=O)O)Cc1ccccc1. The van der Waals surface area contributed by atoms with Crippen LogP contribution in [0.1, 0.15) is 30.0 Å². The van der Waals surface area contributed by atoms with Gasteiger partial charge in [0.1, 0.15) is 0 Å². The highest BCUT2D eigenvalue weighted by Gasteiger charge is 2.20. The van der Waals surface area contributed by atoms with Crippen LogP contribution in [0.4, 0.5) is 5.69 Å². The number of aliphatic carboxylic acids is 1. The lowest BCUT2D eigenvalue weighted by Gasteiger charge is -2.22. The number of nitro benzene ring substituents is 1. The van der Waals surface area contributed by atoms with E-state index >= 15 is 0 Å². The smallest absolute Gasteiger partial charge is 0.308 e. The molecule has 2 aromatic carbocycles. The zero-order valence-electron chi connectivity index (χ0n) is 14.9. The van der Waals surface area contributed by atoms with Crippen molar-refractivity contribution >= 4 is 11.7 Å². The first-order valence-corrected chi connectivity index (χ1v) is 8.74. The Labute approximate surface area is 153 Å². The predicted octanol–water partition coefficient (Wildman–Crippen LogP) is 3.68. The molecule has 6 heteroatoms. The van der Waals surface area contributed by atoms with Gasteiger partial charge in [-0.3, -0.25) is 19.8 Å². The maximum atomic E-state index is 11.2. The van der Waals surface area contributed by atoms with Crippen LogP contribution in [-0.4, -0.2) is 34.0 Å². The van der Waals surface area contributed by atoms with Crippen molar-refractivity contribution in [1.29, 1.82) is 0 Å². The van der Waals surface area contributed by atoms with Crippen molar-refractivity contribution in [1.82, 2.24) is 4.90 Å². The molecule has 0 saturated heterocycles. The summed E-state index contributed by atoms with van der Waals surface area (Å²) in [5.41, 5.74) is 2.14. The van der Waals surface area contributed by atoms with Gasteiger partial charge >= 0.3 is 5.97 Å². The number of hydrogen-bond acceptors (Lipinski definition) is 4. The van der Waals surface area contributed by atoms with E-state index in [1.165, 1.54) is 11.6 Å². The summed E-state index contributed by atoms with van der Waals surface area (Å²) in [4.78, 5) is 24.2. The fourth-order valence-corrected chi connectivity index (χ4v) is 3.09. The second-order valence-electron chi connectivity index (χ2n) is 6.25. The Kier molecular flexibility index (Phi) is 7.29. The molecule has 0 bridgehead atoms. The summed E-state index contributed by atoms with van der Waals surface area (Å²) in [6.45, 7) is 4.55. The molecule has 0 saturated carbocycles. The molecule has 0 heterocycles. The van der Waals surface area contributed by atoms with Crippen molar-refractivity contribution in [3.63, 3.8) is 0 Å². The lowest BCUT2D eigenvalue weighted by atomic mass is 9.99. The third kappa shape index (κ3) is 5.67. The average Bonchev–Trinajstić information content (AvgIpc) is 2.61. The zero-order chi connectivity index (χ0) is 18.9. The van der Waals surface area contributed by atoms with Gasteiger partial charge < -0.3 is 5.11 Å². The molecular weight excluding hydrogens is 332 g/mol. The summed E-state index contributed by atoms with van der Waals surface area (Å²) < 4.78 is 0. The van der Waals surface area contributed by atoms with Gasteiger partial charge in [0.05, 0.1) is 11.3 Å². The van der Waals surface area contributed by atoms with E-state index in [1.807, 2.05) is 18.2 Å². The summed E-state index contributed by atoms with van der Waals surface area (Å²) in [6.07, 6.45) is 1.25. The van der Waals surface area contributed by atoms with E-state index in [4.69, 9.17) is 5.11 Å². The molecule has 0 spiro atoms. The Morgan fingerprint density at radius 1 is 1.12 bits per heavy atom. The Hall–Kier alpha value is -2.73. The van der Waals surface area contributed by atoms with E-state index in [1.54, 1.807) is 12.1 Å². The van der Waals surface area contributed by atoms with Crippen LogP contribution < -0.4 is 0 Å². The maximum Gasteiger partial charge on any atom is 0.308 e. The lowest BCUT2D eigenvalue weighted by Crippen LogP contribution is -2.27. The first kappa shape index (κ1) is 19.6. The molecule has 0 aliphatic heterocycles. The molecule has 0 amide bonds. The molecule has 6 nitrogen and oxygen atoms in total. The standard InChI is InChI=1S/C20H24N2O4/c1-2-12-21(15-16-7-4-3-5-8-16)13-11-17-9-6-10-19(22(25)26)18(17)14-20(23)24/h3-10H,2,11-15H2,1H3,(H,23,24). The Morgan fingerprint density at radius 3 is 2.46 bits per heavy atom. The minimum absolute atomic E-state index is 0.116. The molecule has 0 atom stereocenters. The van der Waals surface area contributed by atoms with Crippen LogP contribution in [0.2, 0.25) is 0 Å². The number of rotatable bonds is 10. The van der Waals surface area contributed by atoms with Gasteiger partial charge in [-0.05, 0) is 30.5 Å². The largest absolute Gasteiger partial charge is 0.481 e. The maximum absolute atomic E-state index is 11.2. The zero-order valence-corrected chi connectivity index (χ0v) is 14.9. The first-order valence-electron chi connectivity index (χ1n) is 8.74. The molecule has 1 N–H and O–H groups in total. The molecule has 0 fully saturated rings. The van der Waals surface area contributed by atoms with E-state index in [2.05, 4.69) is 24.0 Å². The van der Waals surface area contributed by atoms with Gasteiger partial charge in [0.15, 0.2) is 0 Å². The van der Waals surface area contributed by atoms with Gasteiger partial charge in [0.25, 0.3) is 5.69 Å². The summed E-state index contributed by atoms with van der Waals surface area (Å²) in [6, 6.07) is 14.9. The molecule has 2 aromatic rings. The van der Waals surface area contributed by atoms with Gasteiger partial charge in [-0.2, -0.15) is 0 Å². The average molecular weight is 356 g/mol. The molecule has 0 aliphatic rings. The van der Waals surface area contributed by atoms with E-state index < -0.39 is 10.9 Å². The predicted molar refractivity (Wildman–Crippen MR) is 100 cm³/mol. The summed E-state index contributed by atoms with van der Waals surface area (Å²) in [5, 5.41) is 20.4. The summed E-state index contributed by atoms with van der Waals surface area (Å²) >= 11 is 0. The van der Waals surface area contributed by atoms with Crippen molar-refractivity contribution in [3.8, 4) is 0 Å². The molecule has 26 heavy (non-hydrogen) atoms. The fraction of sp³-hybridized carbons (Fsp3) is 0.350. The van der Waals surface area contributed by atoms with E-state index in [-0.39, 0.29) is 12.1 Å². The second kappa shape index (κ2) is 9.68. The number of carboxylic acids is 1. The van der Waals surface area contributed by atoms with Crippen LogP contribution in [0.3, 0.4) is 0 Å². The highest BCUT2D eigenvalue weighted by atomic mass is 16.6. The van der Waals surface area contributed by atoms with Crippen LogP contribution >= 0.6 is 0 Å². The highest BCUT2D eigenvalue weighted by molar-refractivity contribution is 5.73. The minimum atomic E-state index is -1.06. The van der Waals surface area contributed by atoms with Crippen molar-refractivity contribution in [2.24, 2.45) is 0 Å². The lowest BCUT2D eigenvalue weighted by molar-refractivity contribution is -0.385. The molecule has 0 aliphatic carbocycles. The molecule has 2 rings (SSSR count). The van der Waals surface area contributed by atoms with Gasteiger partial charge in [0, 0.05) is 24.7 Å². The Balaban J connectivity index is 2.16. The van der Waals surface area contributed by atoms with Crippen molar-refractivity contribution < 1.29 is 14.8 Å². The molecule has 0 radical (unpaired) electrons. The topological polar surface area (TPSA) is 83.7 Å². The van der Waals surface area contributed by atoms with Crippen LogP contribution in [0.5, 0.6) is 0 Å². The van der Waals surface area contributed by atoms with Gasteiger partial charge in [-0.15, -0.1) is 0 Å². The molecular formula is C20H24N2O4. The Bertz CT molecular complexity index is 747. The number of benzene rings is 2. The Morgan fingerprint density at radius 2 is 1.85 bits per heavy atom.